The number of anilines is 6. The van der Waals surface area contributed by atoms with E-state index in [1.807, 2.05) is 0 Å². The van der Waals surface area contributed by atoms with E-state index in [2.05, 4.69) is 197 Å². The molecule has 2 nitrogen and oxygen atoms in total. The topological polar surface area (TPSA) is 6.48 Å². The summed E-state index contributed by atoms with van der Waals surface area (Å²) in [5.41, 5.74) is 15.3. The normalized spacial score (nSPS) is 11.3. The standard InChI is InChI=1S/C52H60N2/c1-7-11-40-15-27-46(28-16-40)53(47-29-17-41(12-8-2)18-30-47)50-35-23-44(24-36-50)52(39(5)6)45-25-37-51(38-26-45)54(48-31-19-42(13-9-3)20-32-48)49-33-21-43(14-10-4)22-34-49/h15-39,52H,7-14H2,1-6H3. The van der Waals surface area contributed by atoms with Crippen molar-refractivity contribution in [1.82, 2.24) is 0 Å². The molecule has 2 heteroatoms. The predicted octanol–water partition coefficient (Wildman–Crippen LogP) is 15.2. The van der Waals surface area contributed by atoms with Crippen LogP contribution in [0, 0.1) is 5.92 Å². The Balaban J connectivity index is 1.31. The lowest BCUT2D eigenvalue weighted by Gasteiger charge is -2.28. The SMILES string of the molecule is CCCc1ccc(N(c2ccc(CCC)cc2)c2ccc(C(c3ccc(N(c4ccc(CCC)cc4)c4ccc(CCC)cc4)cc3)C(C)C)cc2)cc1. The molecule has 278 valence electrons. The average molecular weight is 713 g/mol. The smallest absolute Gasteiger partial charge is 0.0461 e. The number of hydrogen-bond donors (Lipinski definition) is 0. The monoisotopic (exact) mass is 712 g/mol. The number of aryl methyl sites for hydroxylation is 4. The fourth-order valence-electron chi connectivity index (χ4n) is 7.92. The van der Waals surface area contributed by atoms with Crippen LogP contribution in [0.1, 0.15) is 107 Å². The highest BCUT2D eigenvalue weighted by Crippen LogP contribution is 2.40. The summed E-state index contributed by atoms with van der Waals surface area (Å²) in [7, 11) is 0. The lowest BCUT2D eigenvalue weighted by atomic mass is 9.82. The molecule has 54 heavy (non-hydrogen) atoms. The minimum absolute atomic E-state index is 0.276. The van der Waals surface area contributed by atoms with Crippen LogP contribution in [0.4, 0.5) is 34.1 Å². The van der Waals surface area contributed by atoms with E-state index >= 15 is 0 Å². The third kappa shape index (κ3) is 9.34. The van der Waals surface area contributed by atoms with E-state index in [1.54, 1.807) is 0 Å². The molecule has 0 aliphatic heterocycles. The van der Waals surface area contributed by atoms with Gasteiger partial charge in [0.1, 0.15) is 0 Å². The molecule has 0 heterocycles. The van der Waals surface area contributed by atoms with Crippen LogP contribution in [0.3, 0.4) is 0 Å². The van der Waals surface area contributed by atoms with Gasteiger partial charge in [-0.3, -0.25) is 0 Å². The molecule has 0 radical (unpaired) electrons. The maximum absolute atomic E-state index is 2.40. The van der Waals surface area contributed by atoms with Gasteiger partial charge in [-0.1, -0.05) is 140 Å². The lowest BCUT2D eigenvalue weighted by molar-refractivity contribution is 0.564. The molecule has 0 amide bonds. The highest BCUT2D eigenvalue weighted by Gasteiger charge is 2.21. The Morgan fingerprint density at radius 2 is 0.519 bits per heavy atom. The Kier molecular flexibility index (Phi) is 13.4. The van der Waals surface area contributed by atoms with Crippen molar-refractivity contribution in [3.05, 3.63) is 179 Å². The molecule has 0 aliphatic carbocycles. The van der Waals surface area contributed by atoms with E-state index in [-0.39, 0.29) is 5.92 Å². The molecule has 0 saturated heterocycles. The zero-order chi connectivity index (χ0) is 37.9. The molecule has 6 rings (SSSR count). The second kappa shape index (κ2) is 18.8. The molecule has 6 aromatic rings. The molecule has 0 aromatic heterocycles. The molecule has 6 aromatic carbocycles. The Bertz CT molecular complexity index is 1740. The maximum atomic E-state index is 2.40. The van der Waals surface area contributed by atoms with E-state index in [9.17, 15) is 0 Å². The number of nitrogens with zero attached hydrogens (tertiary/aromatic N) is 2. The fraction of sp³-hybridized carbons (Fsp3) is 0.308. The van der Waals surface area contributed by atoms with Crippen LogP contribution in [0.5, 0.6) is 0 Å². The molecule has 0 fully saturated rings. The quantitative estimate of drug-likeness (QED) is 0.0929. The largest absolute Gasteiger partial charge is 0.311 e. The summed E-state index contributed by atoms with van der Waals surface area (Å²) in [5.74, 6) is 0.710. The summed E-state index contributed by atoms with van der Waals surface area (Å²) in [6, 6.07) is 55.1. The van der Waals surface area contributed by atoms with Crippen LogP contribution < -0.4 is 9.80 Å². The Hall–Kier alpha value is -5.08. The number of rotatable bonds is 17. The molecule has 0 atom stereocenters. The Morgan fingerprint density at radius 3 is 0.704 bits per heavy atom. The minimum atomic E-state index is 0.276. The van der Waals surface area contributed by atoms with Gasteiger partial charge in [0.25, 0.3) is 0 Å². The molecule has 0 aliphatic rings. The summed E-state index contributed by atoms with van der Waals surface area (Å²) in [6.07, 6.45) is 9.04. The zero-order valence-electron chi connectivity index (χ0n) is 33.6. The van der Waals surface area contributed by atoms with E-state index in [0.29, 0.717) is 5.92 Å². The summed E-state index contributed by atoms with van der Waals surface area (Å²) in [5, 5.41) is 0. The van der Waals surface area contributed by atoms with Crippen molar-refractivity contribution in [2.24, 2.45) is 5.92 Å². The average Bonchev–Trinajstić information content (AvgIpc) is 3.19. The second-order valence-corrected chi connectivity index (χ2v) is 15.2. The van der Waals surface area contributed by atoms with E-state index in [4.69, 9.17) is 0 Å². The van der Waals surface area contributed by atoms with E-state index in [0.717, 1.165) is 51.4 Å². The van der Waals surface area contributed by atoms with Crippen LogP contribution in [0.15, 0.2) is 146 Å². The first kappa shape index (κ1) is 38.6. The van der Waals surface area contributed by atoms with Gasteiger partial charge in [0, 0.05) is 40.0 Å². The van der Waals surface area contributed by atoms with Gasteiger partial charge in [-0.25, -0.2) is 0 Å². The molecular weight excluding hydrogens is 653 g/mol. The summed E-state index contributed by atoms with van der Waals surface area (Å²) in [6.45, 7) is 13.7. The van der Waals surface area contributed by atoms with Crippen LogP contribution in [-0.2, 0) is 25.7 Å². The van der Waals surface area contributed by atoms with E-state index < -0.39 is 0 Å². The molecule has 0 saturated carbocycles. The fourth-order valence-corrected chi connectivity index (χ4v) is 7.92. The van der Waals surface area contributed by atoms with Crippen molar-refractivity contribution >= 4 is 34.1 Å². The van der Waals surface area contributed by atoms with Crippen LogP contribution >= 0.6 is 0 Å². The molecule has 0 unspecified atom stereocenters. The Labute approximate surface area is 326 Å². The zero-order valence-corrected chi connectivity index (χ0v) is 33.6. The summed E-state index contributed by atoms with van der Waals surface area (Å²) >= 11 is 0. The molecule has 0 bridgehead atoms. The number of hydrogen-bond acceptors (Lipinski definition) is 2. The first-order chi connectivity index (χ1) is 26.4. The van der Waals surface area contributed by atoms with Crippen LogP contribution in [0.25, 0.3) is 0 Å². The van der Waals surface area contributed by atoms with Crippen molar-refractivity contribution < 1.29 is 0 Å². The van der Waals surface area contributed by atoms with Gasteiger partial charge in [0.2, 0.25) is 0 Å². The van der Waals surface area contributed by atoms with Gasteiger partial charge in [0.15, 0.2) is 0 Å². The predicted molar refractivity (Wildman–Crippen MR) is 235 cm³/mol. The van der Waals surface area contributed by atoms with Crippen molar-refractivity contribution in [3.8, 4) is 0 Å². The minimum Gasteiger partial charge on any atom is -0.311 e. The van der Waals surface area contributed by atoms with Crippen LogP contribution in [-0.4, -0.2) is 0 Å². The molecule has 0 N–H and O–H groups in total. The maximum Gasteiger partial charge on any atom is 0.0461 e. The molecule has 0 spiro atoms. The lowest BCUT2D eigenvalue weighted by Crippen LogP contribution is -2.13. The van der Waals surface area contributed by atoms with Crippen molar-refractivity contribution in [2.75, 3.05) is 9.80 Å². The summed E-state index contributed by atoms with van der Waals surface area (Å²) < 4.78 is 0. The van der Waals surface area contributed by atoms with Crippen molar-refractivity contribution in [3.63, 3.8) is 0 Å². The van der Waals surface area contributed by atoms with Gasteiger partial charge in [-0.2, -0.15) is 0 Å². The first-order valence-corrected chi connectivity index (χ1v) is 20.6. The second-order valence-electron chi connectivity index (χ2n) is 15.2. The van der Waals surface area contributed by atoms with E-state index in [1.165, 1.54) is 67.5 Å². The Morgan fingerprint density at radius 1 is 0.315 bits per heavy atom. The third-order valence-corrected chi connectivity index (χ3v) is 10.6. The van der Waals surface area contributed by atoms with Gasteiger partial charge in [-0.05, 0) is 138 Å². The van der Waals surface area contributed by atoms with Gasteiger partial charge in [0.05, 0.1) is 0 Å². The highest BCUT2D eigenvalue weighted by molar-refractivity contribution is 5.78. The van der Waals surface area contributed by atoms with Gasteiger partial charge in [-0.15, -0.1) is 0 Å². The van der Waals surface area contributed by atoms with Crippen molar-refractivity contribution in [2.45, 2.75) is 98.8 Å². The van der Waals surface area contributed by atoms with Crippen LogP contribution in [0.2, 0.25) is 0 Å². The summed E-state index contributed by atoms with van der Waals surface area (Å²) in [4.78, 5) is 4.79. The highest BCUT2D eigenvalue weighted by atomic mass is 15.1. The van der Waals surface area contributed by atoms with Crippen molar-refractivity contribution in [1.29, 1.82) is 0 Å². The first-order valence-electron chi connectivity index (χ1n) is 20.6. The van der Waals surface area contributed by atoms with Gasteiger partial charge < -0.3 is 9.80 Å². The molecular formula is C52H60N2. The third-order valence-electron chi connectivity index (χ3n) is 10.6. The van der Waals surface area contributed by atoms with Gasteiger partial charge >= 0.3 is 0 Å². The number of benzene rings is 6.